The number of fused-ring (bicyclic) bond motifs is 1. The zero-order valence-corrected chi connectivity index (χ0v) is 16.3. The van der Waals surface area contributed by atoms with Crippen LogP contribution in [0.5, 0.6) is 0 Å². The Morgan fingerprint density at radius 2 is 1.85 bits per heavy atom. The van der Waals surface area contributed by atoms with Crippen molar-refractivity contribution < 1.29 is 5.11 Å². The van der Waals surface area contributed by atoms with E-state index in [0.717, 1.165) is 19.5 Å². The van der Waals surface area contributed by atoms with Gasteiger partial charge in [-0.2, -0.15) is 0 Å². The fraction of sp³-hybridized carbons (Fsp3) is 0.500. The van der Waals surface area contributed by atoms with E-state index >= 15 is 0 Å². The number of aliphatic hydroxyl groups excluding tert-OH is 1. The van der Waals surface area contributed by atoms with Gasteiger partial charge in [-0.05, 0) is 49.4 Å². The van der Waals surface area contributed by atoms with Gasteiger partial charge in [0.15, 0.2) is 0 Å². The quantitative estimate of drug-likeness (QED) is 0.823. The second kappa shape index (κ2) is 8.55. The third-order valence-corrected chi connectivity index (χ3v) is 6.50. The van der Waals surface area contributed by atoms with Gasteiger partial charge >= 0.3 is 0 Å². The van der Waals surface area contributed by atoms with E-state index in [0.29, 0.717) is 24.0 Å². The number of β-amino-alcohol motifs (C(OH)–C–C–N with tert-alkyl or cyclic N) is 1. The molecule has 0 spiro atoms. The molecule has 2 aromatic rings. The number of hydrogen-bond donors (Lipinski definition) is 2. The van der Waals surface area contributed by atoms with Gasteiger partial charge in [-0.15, -0.1) is 0 Å². The summed E-state index contributed by atoms with van der Waals surface area (Å²) in [6, 6.07) is 21.2. The third-order valence-electron chi connectivity index (χ3n) is 6.50. The van der Waals surface area contributed by atoms with Crippen LogP contribution < -0.4 is 5.32 Å². The van der Waals surface area contributed by atoms with E-state index in [2.05, 4.69) is 71.7 Å². The first-order valence-corrected chi connectivity index (χ1v) is 10.5. The number of likely N-dealkylation sites (tertiary alicyclic amines) is 1. The molecule has 0 aromatic heterocycles. The predicted octanol–water partition coefficient (Wildman–Crippen LogP) is 3.57. The van der Waals surface area contributed by atoms with Crippen molar-refractivity contribution in [3.63, 3.8) is 0 Å². The lowest BCUT2D eigenvalue weighted by atomic mass is 9.89. The summed E-state index contributed by atoms with van der Waals surface area (Å²) in [5.41, 5.74) is 4.36. The van der Waals surface area contributed by atoms with Crippen LogP contribution in [0.15, 0.2) is 54.6 Å². The van der Waals surface area contributed by atoms with E-state index in [1.165, 1.54) is 36.0 Å². The van der Waals surface area contributed by atoms with Crippen molar-refractivity contribution in [1.29, 1.82) is 0 Å². The zero-order chi connectivity index (χ0) is 18.6. The third kappa shape index (κ3) is 3.96. The van der Waals surface area contributed by atoms with Gasteiger partial charge in [-0.1, -0.05) is 61.0 Å². The molecular weight excluding hydrogens is 332 g/mol. The van der Waals surface area contributed by atoms with Crippen molar-refractivity contribution in [3.05, 3.63) is 71.3 Å². The van der Waals surface area contributed by atoms with Crippen molar-refractivity contribution in [2.24, 2.45) is 0 Å². The molecule has 0 bridgehead atoms. The summed E-state index contributed by atoms with van der Waals surface area (Å²) in [7, 11) is 0. The molecule has 1 aliphatic heterocycles. The van der Waals surface area contributed by atoms with Gasteiger partial charge < -0.3 is 10.4 Å². The first kappa shape index (κ1) is 18.7. The maximum Gasteiger partial charge on any atom is 0.0558 e. The summed E-state index contributed by atoms with van der Waals surface area (Å²) in [5, 5.41) is 13.5. The second-order valence-electron chi connectivity index (χ2n) is 8.18. The fourth-order valence-electron chi connectivity index (χ4n) is 5.26. The highest BCUT2D eigenvalue weighted by Crippen LogP contribution is 2.38. The molecule has 0 radical (unpaired) electrons. The van der Waals surface area contributed by atoms with Gasteiger partial charge in [-0.25, -0.2) is 0 Å². The highest BCUT2D eigenvalue weighted by Gasteiger charge is 2.36. The number of nitrogens with one attached hydrogen (secondary N) is 1. The lowest BCUT2D eigenvalue weighted by Gasteiger charge is -2.41. The summed E-state index contributed by atoms with van der Waals surface area (Å²) in [6.07, 6.45) is 4.87. The first-order valence-electron chi connectivity index (χ1n) is 10.5. The van der Waals surface area contributed by atoms with Gasteiger partial charge in [0.25, 0.3) is 0 Å². The Morgan fingerprint density at radius 1 is 1.07 bits per heavy atom. The first-order chi connectivity index (χ1) is 13.3. The Bertz CT molecular complexity index is 730. The van der Waals surface area contributed by atoms with Crippen LogP contribution in [0.25, 0.3) is 0 Å². The van der Waals surface area contributed by atoms with E-state index in [1.54, 1.807) is 0 Å². The minimum atomic E-state index is 0.255. The van der Waals surface area contributed by atoms with Crippen LogP contribution >= 0.6 is 0 Å². The monoisotopic (exact) mass is 364 g/mol. The van der Waals surface area contributed by atoms with Crippen LogP contribution in [0.1, 0.15) is 48.8 Å². The molecule has 3 heteroatoms. The van der Waals surface area contributed by atoms with Crippen LogP contribution in [0.3, 0.4) is 0 Å². The molecule has 2 aliphatic rings. The Hall–Kier alpha value is -1.68. The van der Waals surface area contributed by atoms with Gasteiger partial charge in [0, 0.05) is 30.6 Å². The van der Waals surface area contributed by atoms with Crippen LogP contribution in [0, 0.1) is 0 Å². The Labute approximate surface area is 163 Å². The molecule has 0 saturated carbocycles. The molecule has 1 saturated heterocycles. The van der Waals surface area contributed by atoms with Crippen molar-refractivity contribution in [2.45, 2.75) is 56.7 Å². The normalized spacial score (nSPS) is 26.7. The van der Waals surface area contributed by atoms with E-state index in [9.17, 15) is 5.11 Å². The number of piperidine rings is 1. The van der Waals surface area contributed by atoms with Crippen LogP contribution in [-0.4, -0.2) is 47.8 Å². The largest absolute Gasteiger partial charge is 0.395 e. The summed E-state index contributed by atoms with van der Waals surface area (Å²) in [4.78, 5) is 2.49. The Balaban J connectivity index is 1.55. The lowest BCUT2D eigenvalue weighted by Crippen LogP contribution is -2.54. The molecule has 4 rings (SSSR count). The molecule has 4 atom stereocenters. The molecule has 0 amide bonds. The van der Waals surface area contributed by atoms with Gasteiger partial charge in [-0.3, -0.25) is 4.90 Å². The molecule has 3 nitrogen and oxygen atoms in total. The minimum absolute atomic E-state index is 0.255. The molecule has 2 aromatic carbocycles. The van der Waals surface area contributed by atoms with E-state index < -0.39 is 0 Å². The average molecular weight is 365 g/mol. The molecule has 1 aliphatic carbocycles. The van der Waals surface area contributed by atoms with Crippen LogP contribution in [-0.2, 0) is 6.42 Å². The summed E-state index contributed by atoms with van der Waals surface area (Å²) in [5.74, 6) is 0.416. The Morgan fingerprint density at radius 3 is 2.67 bits per heavy atom. The molecule has 4 unspecified atom stereocenters. The van der Waals surface area contributed by atoms with E-state index in [-0.39, 0.29) is 6.61 Å². The lowest BCUT2D eigenvalue weighted by molar-refractivity contribution is 0.0916. The van der Waals surface area contributed by atoms with Crippen LogP contribution in [0.4, 0.5) is 0 Å². The maximum atomic E-state index is 9.45. The van der Waals surface area contributed by atoms with Gasteiger partial charge in [0.1, 0.15) is 0 Å². The number of nitrogens with zero attached hydrogens (tertiary/aromatic N) is 1. The minimum Gasteiger partial charge on any atom is -0.395 e. The number of hydrogen-bond acceptors (Lipinski definition) is 3. The smallest absolute Gasteiger partial charge is 0.0558 e. The topological polar surface area (TPSA) is 35.5 Å². The van der Waals surface area contributed by atoms with Crippen molar-refractivity contribution in [1.82, 2.24) is 10.2 Å². The molecule has 1 fully saturated rings. The summed E-state index contributed by atoms with van der Waals surface area (Å²) in [6.45, 7) is 4.50. The summed E-state index contributed by atoms with van der Waals surface area (Å²) >= 11 is 0. The van der Waals surface area contributed by atoms with Crippen molar-refractivity contribution in [3.8, 4) is 0 Å². The molecular formula is C24H32N2O. The predicted molar refractivity (Wildman–Crippen MR) is 111 cm³/mol. The van der Waals surface area contributed by atoms with Gasteiger partial charge in [0.05, 0.1) is 6.61 Å². The highest BCUT2D eigenvalue weighted by molar-refractivity contribution is 5.44. The van der Waals surface area contributed by atoms with Gasteiger partial charge in [0.2, 0.25) is 0 Å². The molecule has 144 valence electrons. The van der Waals surface area contributed by atoms with Crippen LogP contribution in [0.2, 0.25) is 0 Å². The second-order valence-corrected chi connectivity index (χ2v) is 8.18. The molecule has 27 heavy (non-hydrogen) atoms. The Kier molecular flexibility index (Phi) is 5.92. The van der Waals surface area contributed by atoms with E-state index in [4.69, 9.17) is 0 Å². The number of rotatable bonds is 6. The maximum absolute atomic E-state index is 9.45. The zero-order valence-electron chi connectivity index (χ0n) is 16.3. The van der Waals surface area contributed by atoms with Crippen molar-refractivity contribution in [2.75, 3.05) is 19.7 Å². The average Bonchev–Trinajstić information content (AvgIpc) is 3.07. The summed E-state index contributed by atoms with van der Waals surface area (Å²) < 4.78 is 0. The number of aliphatic hydroxyl groups is 1. The standard InChI is InChI=1S/C24H32N2O/c1-18(23-13-7-8-14-26(23)15-16-27)25-22-17-20-11-5-6-12-21(20)24(22)19-9-3-2-4-10-19/h2-6,9-12,18,22-25,27H,7-8,13-17H2,1H3. The fourth-order valence-corrected chi connectivity index (χ4v) is 5.26. The molecule has 1 heterocycles. The van der Waals surface area contributed by atoms with Crippen molar-refractivity contribution >= 4 is 0 Å². The van der Waals surface area contributed by atoms with E-state index in [1.807, 2.05) is 0 Å². The number of benzene rings is 2. The highest BCUT2D eigenvalue weighted by atomic mass is 16.3. The molecule has 2 N–H and O–H groups in total. The SMILES string of the molecule is CC(NC1Cc2ccccc2C1c1ccccc1)C1CCCCN1CCO.